The van der Waals surface area contributed by atoms with E-state index in [0.717, 1.165) is 39.0 Å². The number of rotatable bonds is 5. The van der Waals surface area contributed by atoms with Gasteiger partial charge >= 0.3 is 0 Å². The van der Waals surface area contributed by atoms with Crippen LogP contribution in [-0.2, 0) is 0 Å². The first-order valence-electron chi connectivity index (χ1n) is 16.6. The van der Waals surface area contributed by atoms with E-state index in [-0.39, 0.29) is 0 Å². The summed E-state index contributed by atoms with van der Waals surface area (Å²) in [5, 5.41) is 7.18. The number of anilines is 3. The quantitative estimate of drug-likeness (QED) is 0.186. The molecule has 0 saturated heterocycles. The molecule has 0 spiro atoms. The molecule has 2 nitrogen and oxygen atoms in total. The standard InChI is InChI=1S/C46H29NOS/c1-2-10-30(11-3-1)31-20-24-34(25-21-31)47(35-26-22-33(23-27-35)37-16-8-13-32-12-4-5-14-36(32)37)40-17-9-19-42-44(40)45-43(49-42)29-28-39-38-15-6-7-18-41(38)48-46(39)45/h1-29H. The number of para-hydroxylation sites is 1. The molecule has 8 aromatic carbocycles. The molecule has 0 radical (unpaired) electrons. The lowest BCUT2D eigenvalue weighted by molar-refractivity contribution is 0.673. The van der Waals surface area contributed by atoms with Crippen molar-refractivity contribution in [3.8, 4) is 22.3 Å². The van der Waals surface area contributed by atoms with Gasteiger partial charge in [0.2, 0.25) is 0 Å². The Morgan fingerprint density at radius 3 is 1.86 bits per heavy atom. The van der Waals surface area contributed by atoms with Gasteiger partial charge in [-0.25, -0.2) is 0 Å². The van der Waals surface area contributed by atoms with Gasteiger partial charge in [0.05, 0.1) is 5.69 Å². The first kappa shape index (κ1) is 27.9. The van der Waals surface area contributed by atoms with E-state index in [0.29, 0.717) is 0 Å². The molecule has 0 aliphatic rings. The van der Waals surface area contributed by atoms with Crippen LogP contribution in [0.2, 0.25) is 0 Å². The van der Waals surface area contributed by atoms with Crippen LogP contribution >= 0.6 is 11.3 Å². The van der Waals surface area contributed by atoms with Crippen LogP contribution in [0.25, 0.3) is 75.1 Å². The summed E-state index contributed by atoms with van der Waals surface area (Å²) in [7, 11) is 0. The third-order valence-electron chi connectivity index (χ3n) is 9.68. The average molecular weight is 644 g/mol. The number of furan rings is 1. The number of hydrogen-bond acceptors (Lipinski definition) is 3. The summed E-state index contributed by atoms with van der Waals surface area (Å²) in [4.78, 5) is 2.40. The Morgan fingerprint density at radius 1 is 0.408 bits per heavy atom. The Labute approximate surface area is 287 Å². The molecule has 10 rings (SSSR count). The number of fused-ring (bicyclic) bond motifs is 8. The molecule has 10 aromatic rings. The fourth-order valence-corrected chi connectivity index (χ4v) is 8.51. The number of benzene rings is 8. The zero-order valence-electron chi connectivity index (χ0n) is 26.5. The normalized spacial score (nSPS) is 11.7. The largest absolute Gasteiger partial charge is 0.455 e. The van der Waals surface area contributed by atoms with Crippen molar-refractivity contribution in [3.05, 3.63) is 176 Å². The number of hydrogen-bond donors (Lipinski definition) is 0. The van der Waals surface area contributed by atoms with Crippen LogP contribution in [0.4, 0.5) is 17.1 Å². The Kier molecular flexibility index (Phi) is 6.39. The van der Waals surface area contributed by atoms with Crippen molar-refractivity contribution in [3.63, 3.8) is 0 Å². The molecule has 0 aliphatic heterocycles. The Balaban J connectivity index is 1.20. The minimum Gasteiger partial charge on any atom is -0.455 e. The van der Waals surface area contributed by atoms with Crippen molar-refractivity contribution < 1.29 is 4.42 Å². The minimum absolute atomic E-state index is 0.916. The van der Waals surface area contributed by atoms with E-state index in [2.05, 4.69) is 175 Å². The second-order valence-electron chi connectivity index (χ2n) is 12.5. The summed E-state index contributed by atoms with van der Waals surface area (Å²) in [5.74, 6) is 0. The van der Waals surface area contributed by atoms with Crippen LogP contribution < -0.4 is 4.90 Å². The molecule has 2 heterocycles. The lowest BCUT2D eigenvalue weighted by Crippen LogP contribution is -2.10. The summed E-state index contributed by atoms with van der Waals surface area (Å²) >= 11 is 1.82. The second kappa shape index (κ2) is 11.2. The van der Waals surface area contributed by atoms with E-state index < -0.39 is 0 Å². The maximum Gasteiger partial charge on any atom is 0.144 e. The minimum atomic E-state index is 0.916. The highest BCUT2D eigenvalue weighted by molar-refractivity contribution is 7.26. The van der Waals surface area contributed by atoms with Gasteiger partial charge in [-0.2, -0.15) is 0 Å². The molecule has 0 N–H and O–H groups in total. The molecule has 0 amide bonds. The van der Waals surface area contributed by atoms with Gasteiger partial charge in [-0.3, -0.25) is 0 Å². The first-order valence-corrected chi connectivity index (χ1v) is 17.4. The van der Waals surface area contributed by atoms with Crippen LogP contribution in [-0.4, -0.2) is 0 Å². The van der Waals surface area contributed by atoms with Crippen LogP contribution in [0.1, 0.15) is 0 Å². The van der Waals surface area contributed by atoms with Gasteiger partial charge in [0.1, 0.15) is 11.2 Å². The molecule has 0 bridgehead atoms. The fraction of sp³-hybridized carbons (Fsp3) is 0. The van der Waals surface area contributed by atoms with Gasteiger partial charge < -0.3 is 9.32 Å². The molecule has 230 valence electrons. The maximum atomic E-state index is 6.63. The van der Waals surface area contributed by atoms with Crippen molar-refractivity contribution in [1.29, 1.82) is 0 Å². The lowest BCUT2D eigenvalue weighted by atomic mass is 9.98. The van der Waals surface area contributed by atoms with E-state index in [1.165, 1.54) is 53.2 Å². The third kappa shape index (κ3) is 4.55. The zero-order valence-corrected chi connectivity index (χ0v) is 27.3. The van der Waals surface area contributed by atoms with Crippen molar-refractivity contribution >= 4 is 81.3 Å². The van der Waals surface area contributed by atoms with E-state index >= 15 is 0 Å². The Hall–Kier alpha value is -6.16. The molecule has 0 atom stereocenters. The molecule has 2 aromatic heterocycles. The number of thiophene rings is 1. The summed E-state index contributed by atoms with van der Waals surface area (Å²) in [6, 6.07) is 63.2. The summed E-state index contributed by atoms with van der Waals surface area (Å²) in [6.45, 7) is 0. The molecule has 0 unspecified atom stereocenters. The first-order chi connectivity index (χ1) is 24.3. The zero-order chi connectivity index (χ0) is 32.3. The lowest BCUT2D eigenvalue weighted by Gasteiger charge is -2.27. The Bertz CT molecular complexity index is 2800. The maximum absolute atomic E-state index is 6.63. The van der Waals surface area contributed by atoms with Gasteiger partial charge in [-0.05, 0) is 87.6 Å². The molecule has 3 heteroatoms. The highest BCUT2D eigenvalue weighted by atomic mass is 32.1. The summed E-state index contributed by atoms with van der Waals surface area (Å²) < 4.78 is 9.09. The topological polar surface area (TPSA) is 16.4 Å². The summed E-state index contributed by atoms with van der Waals surface area (Å²) in [5.41, 5.74) is 10.0. The monoisotopic (exact) mass is 643 g/mol. The van der Waals surface area contributed by atoms with Crippen molar-refractivity contribution in [2.45, 2.75) is 0 Å². The van der Waals surface area contributed by atoms with Crippen LogP contribution in [0.5, 0.6) is 0 Å². The van der Waals surface area contributed by atoms with Gasteiger partial charge in [0, 0.05) is 42.3 Å². The molecule has 49 heavy (non-hydrogen) atoms. The van der Waals surface area contributed by atoms with Gasteiger partial charge in [-0.15, -0.1) is 11.3 Å². The van der Waals surface area contributed by atoms with Gasteiger partial charge in [0.15, 0.2) is 0 Å². The van der Waals surface area contributed by atoms with E-state index in [4.69, 9.17) is 4.42 Å². The Morgan fingerprint density at radius 2 is 1.04 bits per heavy atom. The molecular weight excluding hydrogens is 615 g/mol. The van der Waals surface area contributed by atoms with E-state index in [1.54, 1.807) is 0 Å². The van der Waals surface area contributed by atoms with Crippen LogP contribution in [0, 0.1) is 0 Å². The average Bonchev–Trinajstić information content (AvgIpc) is 3.75. The third-order valence-corrected chi connectivity index (χ3v) is 10.8. The van der Waals surface area contributed by atoms with Crippen LogP contribution in [0.15, 0.2) is 180 Å². The predicted molar refractivity (Wildman–Crippen MR) is 210 cm³/mol. The SMILES string of the molecule is c1ccc(-c2ccc(N(c3ccc(-c4cccc5ccccc45)cc3)c3cccc4sc5ccc6c7ccccc7oc6c5c34)cc2)cc1. The van der Waals surface area contributed by atoms with E-state index in [1.807, 2.05) is 17.4 Å². The molecular formula is C46H29NOS. The van der Waals surface area contributed by atoms with Crippen LogP contribution in [0.3, 0.4) is 0 Å². The smallest absolute Gasteiger partial charge is 0.144 e. The fourth-order valence-electron chi connectivity index (χ4n) is 7.38. The van der Waals surface area contributed by atoms with Crippen molar-refractivity contribution in [2.24, 2.45) is 0 Å². The van der Waals surface area contributed by atoms with Crippen molar-refractivity contribution in [2.75, 3.05) is 4.90 Å². The molecule has 0 saturated carbocycles. The van der Waals surface area contributed by atoms with E-state index in [9.17, 15) is 0 Å². The highest BCUT2D eigenvalue weighted by Crippen LogP contribution is 2.48. The van der Waals surface area contributed by atoms with Gasteiger partial charge in [-0.1, -0.05) is 121 Å². The molecule has 0 fully saturated rings. The molecule has 0 aliphatic carbocycles. The summed E-state index contributed by atoms with van der Waals surface area (Å²) in [6.07, 6.45) is 0. The second-order valence-corrected chi connectivity index (χ2v) is 13.6. The highest BCUT2D eigenvalue weighted by Gasteiger charge is 2.22. The van der Waals surface area contributed by atoms with Gasteiger partial charge in [0.25, 0.3) is 0 Å². The number of nitrogens with zero attached hydrogens (tertiary/aromatic N) is 1. The predicted octanol–water partition coefficient (Wildman–Crippen LogP) is 13.9. The van der Waals surface area contributed by atoms with Crippen molar-refractivity contribution in [1.82, 2.24) is 0 Å².